The number of hydrogen-bond donors (Lipinski definition) is 6. The predicted molar refractivity (Wildman–Crippen MR) is 144 cm³/mol. The first-order chi connectivity index (χ1) is 18.4. The zero-order valence-electron chi connectivity index (χ0n) is 21.8. The Labute approximate surface area is 228 Å². The summed E-state index contributed by atoms with van der Waals surface area (Å²) < 4.78 is 0. The number of likely N-dealkylation sites (N-methyl/N-ethyl adjacent to an activating group) is 1. The van der Waals surface area contributed by atoms with Crippen LogP contribution < -0.4 is 11.1 Å². The SMILES string of the molecule is CCc1csc(Nc2ccc3c(c2O)C(O)=C2C(=O)C4C(=O)C(C(N)=O)=C(O)C(N(C)C)C4C(O)C2C3C)n1. The van der Waals surface area contributed by atoms with Gasteiger partial charge in [-0.05, 0) is 38.1 Å². The minimum atomic E-state index is -1.56. The van der Waals surface area contributed by atoms with E-state index in [9.17, 15) is 34.8 Å². The zero-order valence-corrected chi connectivity index (χ0v) is 22.6. The van der Waals surface area contributed by atoms with Crippen molar-refractivity contribution in [2.45, 2.75) is 38.3 Å². The van der Waals surface area contributed by atoms with Crippen molar-refractivity contribution < 1.29 is 34.8 Å². The lowest BCUT2D eigenvalue weighted by Gasteiger charge is -2.50. The van der Waals surface area contributed by atoms with Gasteiger partial charge in [0.25, 0.3) is 5.91 Å². The fourth-order valence-corrected chi connectivity index (χ4v) is 7.16. The average Bonchev–Trinajstić information content (AvgIpc) is 3.32. The fraction of sp³-hybridized carbons (Fsp3) is 0.407. The minimum Gasteiger partial charge on any atom is -0.510 e. The number of carbonyl (C=O) groups is 3. The number of ketones is 2. The second kappa shape index (κ2) is 9.47. The van der Waals surface area contributed by atoms with E-state index in [0.717, 1.165) is 12.1 Å². The van der Waals surface area contributed by atoms with Gasteiger partial charge in [-0.1, -0.05) is 19.9 Å². The molecule has 39 heavy (non-hydrogen) atoms. The molecule has 1 heterocycles. The van der Waals surface area contributed by atoms with Gasteiger partial charge < -0.3 is 31.5 Å². The first-order valence-corrected chi connectivity index (χ1v) is 13.4. The number of nitrogens with two attached hydrogens (primary N) is 1. The van der Waals surface area contributed by atoms with E-state index in [1.807, 2.05) is 12.3 Å². The Bertz CT molecular complexity index is 1480. The van der Waals surface area contributed by atoms with Gasteiger partial charge in [0.05, 0.1) is 35.0 Å². The van der Waals surface area contributed by atoms with Crippen LogP contribution in [0.5, 0.6) is 5.75 Å². The van der Waals surface area contributed by atoms with Gasteiger partial charge in [0, 0.05) is 22.8 Å². The molecule has 0 radical (unpaired) electrons. The summed E-state index contributed by atoms with van der Waals surface area (Å²) in [6.45, 7) is 3.73. The Kier molecular flexibility index (Phi) is 6.52. The number of thiazole rings is 1. The molecule has 0 aliphatic heterocycles. The first-order valence-electron chi connectivity index (χ1n) is 12.6. The van der Waals surface area contributed by atoms with E-state index < -0.39 is 70.4 Å². The van der Waals surface area contributed by atoms with Crippen molar-refractivity contribution in [3.63, 3.8) is 0 Å². The lowest BCUT2D eigenvalue weighted by Crippen LogP contribution is -2.61. The molecule has 0 saturated heterocycles. The molecule has 1 fully saturated rings. The summed E-state index contributed by atoms with van der Waals surface area (Å²) in [5.74, 6) is -8.55. The molecule has 1 saturated carbocycles. The molecule has 6 atom stereocenters. The summed E-state index contributed by atoms with van der Waals surface area (Å²) in [5, 5.41) is 50.6. The number of hydrogen-bond acceptors (Lipinski definition) is 11. The summed E-state index contributed by atoms with van der Waals surface area (Å²) in [4.78, 5) is 45.4. The van der Waals surface area contributed by atoms with E-state index in [4.69, 9.17) is 5.73 Å². The third-order valence-corrected chi connectivity index (χ3v) is 8.95. The number of aromatic nitrogens is 1. The van der Waals surface area contributed by atoms with Crippen molar-refractivity contribution in [3.8, 4) is 5.75 Å². The van der Waals surface area contributed by atoms with Gasteiger partial charge in [0.15, 0.2) is 16.7 Å². The Morgan fingerprint density at radius 1 is 1.18 bits per heavy atom. The molecule has 0 bridgehead atoms. The first kappa shape index (κ1) is 26.9. The number of nitrogens with zero attached hydrogens (tertiary/aromatic N) is 2. The molecule has 1 amide bonds. The number of Topliss-reactive ketones (excluding diaryl/α,β-unsaturated/α-hetero) is 2. The molecule has 1 aromatic heterocycles. The number of primary amides is 1. The Balaban J connectivity index is 1.65. The monoisotopic (exact) mass is 554 g/mol. The molecular formula is C27H30N4O7S. The molecule has 1 aromatic carbocycles. The molecular weight excluding hydrogens is 524 g/mol. The summed E-state index contributed by atoms with van der Waals surface area (Å²) in [7, 11) is 3.18. The fourth-order valence-electron chi connectivity index (χ4n) is 6.35. The average molecular weight is 555 g/mol. The maximum atomic E-state index is 14.0. The third-order valence-electron chi connectivity index (χ3n) is 8.15. The molecule has 2 aromatic rings. The molecule has 5 rings (SSSR count). The van der Waals surface area contributed by atoms with Crippen LogP contribution in [0.25, 0.3) is 5.76 Å². The van der Waals surface area contributed by atoms with Crippen LogP contribution in [0.1, 0.15) is 36.6 Å². The van der Waals surface area contributed by atoms with Crippen LogP contribution in [-0.2, 0) is 20.8 Å². The van der Waals surface area contributed by atoms with E-state index in [0.29, 0.717) is 10.7 Å². The molecule has 3 aliphatic rings. The Morgan fingerprint density at radius 2 is 1.87 bits per heavy atom. The number of aliphatic hydroxyl groups is 3. The number of nitrogens with one attached hydrogen (secondary N) is 1. The molecule has 6 unspecified atom stereocenters. The van der Waals surface area contributed by atoms with Gasteiger partial charge in [0.1, 0.15) is 22.8 Å². The van der Waals surface area contributed by atoms with Gasteiger partial charge in [-0.3, -0.25) is 19.3 Å². The van der Waals surface area contributed by atoms with E-state index in [1.54, 1.807) is 33.2 Å². The van der Waals surface area contributed by atoms with E-state index in [-0.39, 0.29) is 22.6 Å². The Hall–Kier alpha value is -3.74. The predicted octanol–water partition coefficient (Wildman–Crippen LogP) is 2.14. The van der Waals surface area contributed by atoms with Crippen molar-refractivity contribution in [1.29, 1.82) is 0 Å². The number of rotatable bonds is 5. The summed E-state index contributed by atoms with van der Waals surface area (Å²) in [6, 6.07) is 2.29. The van der Waals surface area contributed by atoms with Crippen molar-refractivity contribution in [3.05, 3.63) is 51.2 Å². The molecule has 7 N–H and O–H groups in total. The van der Waals surface area contributed by atoms with Crippen LogP contribution in [0.4, 0.5) is 10.8 Å². The summed E-state index contributed by atoms with van der Waals surface area (Å²) in [6.07, 6.45) is -0.617. The van der Waals surface area contributed by atoms with Crippen molar-refractivity contribution >= 4 is 45.4 Å². The number of fused-ring (bicyclic) bond motifs is 3. The minimum absolute atomic E-state index is 0.0194. The van der Waals surface area contributed by atoms with Crippen LogP contribution in [0.3, 0.4) is 0 Å². The van der Waals surface area contributed by atoms with Gasteiger partial charge >= 0.3 is 0 Å². The normalized spacial score (nSPS) is 28.4. The number of aromatic hydroxyl groups is 1. The van der Waals surface area contributed by atoms with Crippen LogP contribution in [0.15, 0.2) is 34.4 Å². The van der Waals surface area contributed by atoms with Crippen molar-refractivity contribution in [1.82, 2.24) is 9.88 Å². The van der Waals surface area contributed by atoms with Gasteiger partial charge in [-0.2, -0.15) is 0 Å². The molecule has 3 aliphatic carbocycles. The quantitative estimate of drug-likeness (QED) is 0.182. The van der Waals surface area contributed by atoms with Gasteiger partial charge in [-0.15, -0.1) is 11.3 Å². The molecule has 11 nitrogen and oxygen atoms in total. The number of anilines is 2. The number of amides is 1. The molecule has 12 heteroatoms. The Morgan fingerprint density at radius 3 is 2.46 bits per heavy atom. The second-order valence-corrected chi connectivity index (χ2v) is 11.3. The van der Waals surface area contributed by atoms with Crippen molar-refractivity contribution in [2.75, 3.05) is 19.4 Å². The van der Waals surface area contributed by atoms with E-state index in [1.165, 1.54) is 16.2 Å². The number of aryl methyl sites for hydroxylation is 1. The summed E-state index contributed by atoms with van der Waals surface area (Å²) in [5.41, 5.74) is 6.16. The molecule has 206 valence electrons. The van der Waals surface area contributed by atoms with Crippen LogP contribution in [0.2, 0.25) is 0 Å². The maximum absolute atomic E-state index is 14.0. The van der Waals surface area contributed by atoms with Crippen LogP contribution in [-0.4, -0.2) is 74.0 Å². The van der Waals surface area contributed by atoms with E-state index >= 15 is 0 Å². The van der Waals surface area contributed by atoms with Crippen LogP contribution in [0, 0.1) is 17.8 Å². The third kappa shape index (κ3) is 3.85. The smallest absolute Gasteiger partial charge is 0.255 e. The van der Waals surface area contributed by atoms with Crippen molar-refractivity contribution in [2.24, 2.45) is 23.5 Å². The number of aliphatic hydroxyl groups excluding tert-OH is 3. The standard InChI is InChI=1S/C27H30N4O7S/c1-5-10-8-39-27(29-10)30-12-7-6-11-9(2)13-16(22(34)14(11)20(12)32)23(35)17-15(21(13)33)19(31(3)4)25(37)18(24(17)36)26(28)38/h6-9,13,15,17,19,21,32-34,37H,5H2,1-4H3,(H2,28,38)(H,29,30). The number of phenolic OH excluding ortho intramolecular Hbond substituents is 1. The second-order valence-electron chi connectivity index (χ2n) is 10.4. The molecule has 0 spiro atoms. The lowest BCUT2D eigenvalue weighted by molar-refractivity contribution is -0.143. The highest BCUT2D eigenvalue weighted by molar-refractivity contribution is 7.13. The zero-order chi connectivity index (χ0) is 28.5. The highest BCUT2D eigenvalue weighted by Crippen LogP contribution is 2.55. The maximum Gasteiger partial charge on any atom is 0.255 e. The largest absolute Gasteiger partial charge is 0.510 e. The number of benzene rings is 1. The highest BCUT2D eigenvalue weighted by Gasteiger charge is 2.60. The highest BCUT2D eigenvalue weighted by atomic mass is 32.1. The number of carbonyl (C=O) groups excluding carboxylic acids is 3. The lowest BCUT2D eigenvalue weighted by atomic mass is 9.56. The van der Waals surface area contributed by atoms with E-state index in [2.05, 4.69) is 10.3 Å². The number of phenols is 1. The van der Waals surface area contributed by atoms with Crippen LogP contribution >= 0.6 is 11.3 Å². The topological polar surface area (TPSA) is 186 Å². The summed E-state index contributed by atoms with van der Waals surface area (Å²) >= 11 is 1.35. The van der Waals surface area contributed by atoms with Gasteiger partial charge in [0.2, 0.25) is 0 Å². The van der Waals surface area contributed by atoms with Gasteiger partial charge in [-0.25, -0.2) is 4.98 Å².